The highest BCUT2D eigenvalue weighted by atomic mass is 16.5. The maximum Gasteiger partial charge on any atom is 0.303 e. The van der Waals surface area contributed by atoms with Gasteiger partial charge in [-0.15, -0.1) is 0 Å². The van der Waals surface area contributed by atoms with Crippen LogP contribution >= 0.6 is 0 Å². The standard InChI is InChI=1S/C14H25NO5/c1-19-10-11(20-2)9-15-12(16)7-14(8-13(17)18)5-3-4-6-14/h11H,3-10H2,1-2H3,(H,15,16)(H,17,18). The molecule has 0 aliphatic heterocycles. The lowest BCUT2D eigenvalue weighted by molar-refractivity contribution is -0.140. The van der Waals surface area contributed by atoms with Crippen molar-refractivity contribution in [3.63, 3.8) is 0 Å². The number of ether oxygens (including phenoxy) is 2. The van der Waals surface area contributed by atoms with E-state index >= 15 is 0 Å². The van der Waals surface area contributed by atoms with Crippen molar-refractivity contribution in [3.8, 4) is 0 Å². The first-order valence-corrected chi connectivity index (χ1v) is 7.01. The maximum atomic E-state index is 12.0. The second-order valence-corrected chi connectivity index (χ2v) is 5.57. The summed E-state index contributed by atoms with van der Waals surface area (Å²) in [6, 6.07) is 0. The van der Waals surface area contributed by atoms with Gasteiger partial charge in [-0.1, -0.05) is 12.8 Å². The third kappa shape index (κ3) is 5.46. The highest BCUT2D eigenvalue weighted by molar-refractivity contribution is 5.78. The van der Waals surface area contributed by atoms with Gasteiger partial charge in [-0.25, -0.2) is 0 Å². The number of rotatable bonds is 9. The summed E-state index contributed by atoms with van der Waals surface area (Å²) in [6.45, 7) is 0.795. The minimum Gasteiger partial charge on any atom is -0.481 e. The monoisotopic (exact) mass is 287 g/mol. The largest absolute Gasteiger partial charge is 0.481 e. The molecule has 0 aromatic rings. The number of hydrogen-bond donors (Lipinski definition) is 2. The van der Waals surface area contributed by atoms with E-state index in [0.717, 1.165) is 25.7 Å². The summed E-state index contributed by atoms with van der Waals surface area (Å²) in [5.74, 6) is -0.930. The predicted molar refractivity (Wildman–Crippen MR) is 73.5 cm³/mol. The Labute approximate surface area is 119 Å². The number of carboxylic acid groups (broad SMARTS) is 1. The molecule has 1 aliphatic rings. The van der Waals surface area contributed by atoms with Crippen molar-refractivity contribution < 1.29 is 24.2 Å². The Bertz CT molecular complexity index is 326. The number of carbonyl (C=O) groups excluding carboxylic acids is 1. The average Bonchev–Trinajstić information content (AvgIpc) is 2.81. The Morgan fingerprint density at radius 2 is 1.90 bits per heavy atom. The highest BCUT2D eigenvalue weighted by Gasteiger charge is 2.37. The van der Waals surface area contributed by atoms with Gasteiger partial charge in [0.1, 0.15) is 0 Å². The molecular weight excluding hydrogens is 262 g/mol. The third-order valence-corrected chi connectivity index (χ3v) is 3.94. The van der Waals surface area contributed by atoms with Crippen molar-refractivity contribution in [3.05, 3.63) is 0 Å². The van der Waals surface area contributed by atoms with Gasteiger partial charge in [0.15, 0.2) is 0 Å². The topological polar surface area (TPSA) is 84.9 Å². The van der Waals surface area contributed by atoms with Crippen LogP contribution in [0.15, 0.2) is 0 Å². The van der Waals surface area contributed by atoms with Crippen LogP contribution in [0, 0.1) is 5.41 Å². The van der Waals surface area contributed by atoms with Crippen molar-refractivity contribution in [1.29, 1.82) is 0 Å². The van der Waals surface area contributed by atoms with Gasteiger partial charge in [0, 0.05) is 27.2 Å². The molecular formula is C14H25NO5. The summed E-state index contributed by atoms with van der Waals surface area (Å²) in [4.78, 5) is 23.0. The molecule has 0 saturated heterocycles. The Morgan fingerprint density at radius 1 is 1.25 bits per heavy atom. The van der Waals surface area contributed by atoms with Gasteiger partial charge in [0.05, 0.1) is 19.1 Å². The van der Waals surface area contributed by atoms with Crippen LogP contribution in [0.25, 0.3) is 0 Å². The molecule has 1 atom stereocenters. The van der Waals surface area contributed by atoms with Crippen LogP contribution in [0.5, 0.6) is 0 Å². The number of amides is 1. The van der Waals surface area contributed by atoms with Crippen LogP contribution < -0.4 is 5.32 Å². The minimum absolute atomic E-state index is 0.0756. The zero-order valence-electron chi connectivity index (χ0n) is 12.3. The van der Waals surface area contributed by atoms with Crippen molar-refractivity contribution in [2.45, 2.75) is 44.6 Å². The van der Waals surface area contributed by atoms with E-state index in [9.17, 15) is 9.59 Å². The van der Waals surface area contributed by atoms with Gasteiger partial charge in [-0.3, -0.25) is 9.59 Å². The second-order valence-electron chi connectivity index (χ2n) is 5.57. The Morgan fingerprint density at radius 3 is 2.40 bits per heavy atom. The van der Waals surface area contributed by atoms with Gasteiger partial charge in [-0.05, 0) is 18.3 Å². The number of carboxylic acids is 1. The summed E-state index contributed by atoms with van der Waals surface area (Å²) in [5, 5.41) is 11.8. The van der Waals surface area contributed by atoms with Crippen molar-refractivity contribution >= 4 is 11.9 Å². The molecule has 1 unspecified atom stereocenters. The fourth-order valence-electron chi connectivity index (χ4n) is 2.89. The molecule has 0 heterocycles. The first-order chi connectivity index (χ1) is 9.51. The molecule has 116 valence electrons. The van der Waals surface area contributed by atoms with Crippen LogP contribution in [0.3, 0.4) is 0 Å². The lowest BCUT2D eigenvalue weighted by Gasteiger charge is -2.26. The Kier molecular flexibility index (Phi) is 6.95. The van der Waals surface area contributed by atoms with E-state index in [-0.39, 0.29) is 30.3 Å². The third-order valence-electron chi connectivity index (χ3n) is 3.94. The number of hydrogen-bond acceptors (Lipinski definition) is 4. The lowest BCUT2D eigenvalue weighted by Crippen LogP contribution is -2.38. The van der Waals surface area contributed by atoms with E-state index in [2.05, 4.69) is 5.32 Å². The molecule has 1 saturated carbocycles. The SMILES string of the molecule is COCC(CNC(=O)CC1(CC(=O)O)CCCC1)OC. The second kappa shape index (κ2) is 8.21. The van der Waals surface area contributed by atoms with Gasteiger partial charge in [-0.2, -0.15) is 0 Å². The summed E-state index contributed by atoms with van der Waals surface area (Å²) in [7, 11) is 3.15. The summed E-state index contributed by atoms with van der Waals surface area (Å²) < 4.78 is 10.1. The molecule has 0 radical (unpaired) electrons. The molecule has 6 heteroatoms. The van der Waals surface area contributed by atoms with E-state index in [0.29, 0.717) is 13.2 Å². The van der Waals surface area contributed by atoms with E-state index in [1.54, 1.807) is 14.2 Å². The summed E-state index contributed by atoms with van der Waals surface area (Å²) in [5.41, 5.74) is -0.361. The number of aliphatic carboxylic acids is 1. The fourth-order valence-corrected chi connectivity index (χ4v) is 2.89. The molecule has 0 spiro atoms. The first kappa shape index (κ1) is 16.9. The van der Waals surface area contributed by atoms with Crippen LogP contribution in [0.2, 0.25) is 0 Å². The average molecular weight is 287 g/mol. The normalized spacial score (nSPS) is 18.7. The van der Waals surface area contributed by atoms with Crippen LogP contribution in [0.1, 0.15) is 38.5 Å². The molecule has 0 bridgehead atoms. The van der Waals surface area contributed by atoms with Gasteiger partial charge in [0.2, 0.25) is 5.91 Å². The molecule has 1 fully saturated rings. The van der Waals surface area contributed by atoms with Gasteiger partial charge < -0.3 is 19.9 Å². The number of nitrogens with one attached hydrogen (secondary N) is 1. The molecule has 2 N–H and O–H groups in total. The minimum atomic E-state index is -0.825. The van der Waals surface area contributed by atoms with Gasteiger partial charge >= 0.3 is 5.97 Å². The zero-order valence-corrected chi connectivity index (χ0v) is 12.3. The van der Waals surface area contributed by atoms with Crippen LogP contribution in [-0.2, 0) is 19.1 Å². The summed E-state index contributed by atoms with van der Waals surface area (Å²) >= 11 is 0. The Hall–Kier alpha value is -1.14. The first-order valence-electron chi connectivity index (χ1n) is 7.01. The number of methoxy groups -OCH3 is 2. The molecule has 1 aliphatic carbocycles. The Balaban J connectivity index is 2.44. The fraction of sp³-hybridized carbons (Fsp3) is 0.857. The van der Waals surface area contributed by atoms with Crippen molar-refractivity contribution in [2.24, 2.45) is 5.41 Å². The molecule has 20 heavy (non-hydrogen) atoms. The smallest absolute Gasteiger partial charge is 0.303 e. The number of carbonyl (C=O) groups is 2. The van der Waals surface area contributed by atoms with Crippen molar-refractivity contribution in [2.75, 3.05) is 27.4 Å². The zero-order chi connectivity index (χ0) is 15.0. The predicted octanol–water partition coefficient (Wildman–Crippen LogP) is 1.19. The van der Waals surface area contributed by atoms with Crippen LogP contribution in [-0.4, -0.2) is 50.5 Å². The molecule has 0 aromatic carbocycles. The van der Waals surface area contributed by atoms with Crippen molar-refractivity contribution in [1.82, 2.24) is 5.32 Å². The van der Waals surface area contributed by atoms with E-state index in [4.69, 9.17) is 14.6 Å². The van der Waals surface area contributed by atoms with Gasteiger partial charge in [0.25, 0.3) is 0 Å². The quantitative estimate of drug-likeness (QED) is 0.665. The highest BCUT2D eigenvalue weighted by Crippen LogP contribution is 2.43. The van der Waals surface area contributed by atoms with E-state index < -0.39 is 5.97 Å². The molecule has 6 nitrogen and oxygen atoms in total. The summed E-state index contributed by atoms with van der Waals surface area (Å²) in [6.07, 6.45) is 3.82. The molecule has 0 aromatic heterocycles. The van der Waals surface area contributed by atoms with E-state index in [1.807, 2.05) is 0 Å². The van der Waals surface area contributed by atoms with E-state index in [1.165, 1.54) is 0 Å². The maximum absolute atomic E-state index is 12.0. The molecule has 1 amide bonds. The molecule has 1 rings (SSSR count). The lowest BCUT2D eigenvalue weighted by atomic mass is 9.79. The van der Waals surface area contributed by atoms with Crippen LogP contribution in [0.4, 0.5) is 0 Å².